The van der Waals surface area contributed by atoms with Gasteiger partial charge in [-0.2, -0.15) is 5.10 Å². The quantitative estimate of drug-likeness (QED) is 0.734. The number of aromatic nitrogens is 4. The van der Waals surface area contributed by atoms with Crippen LogP contribution in [-0.4, -0.2) is 26.3 Å². The lowest BCUT2D eigenvalue weighted by Crippen LogP contribution is -2.07. The van der Waals surface area contributed by atoms with Gasteiger partial charge in [-0.1, -0.05) is 0 Å². The molecule has 0 bridgehead atoms. The number of rotatable bonds is 2. The maximum Gasteiger partial charge on any atom is 0.182 e. The SMILES string of the molecule is Cc1cnnc2c1nc(CCN)n2C. The molecule has 0 aliphatic carbocycles. The Morgan fingerprint density at radius 3 is 2.93 bits per heavy atom. The van der Waals surface area contributed by atoms with E-state index >= 15 is 0 Å². The third-order valence-corrected chi connectivity index (χ3v) is 2.30. The monoisotopic (exact) mass is 191 g/mol. The second kappa shape index (κ2) is 3.34. The Labute approximate surface area is 82.0 Å². The fourth-order valence-corrected chi connectivity index (χ4v) is 1.50. The van der Waals surface area contributed by atoms with E-state index in [0.29, 0.717) is 6.54 Å². The zero-order valence-corrected chi connectivity index (χ0v) is 8.36. The Kier molecular flexibility index (Phi) is 2.17. The molecule has 0 aliphatic rings. The number of nitrogens with two attached hydrogens (primary N) is 1. The Hall–Kier alpha value is -1.49. The van der Waals surface area contributed by atoms with Crippen LogP contribution < -0.4 is 5.73 Å². The number of aryl methyl sites for hydroxylation is 2. The zero-order valence-electron chi connectivity index (χ0n) is 8.36. The average Bonchev–Trinajstić information content (AvgIpc) is 2.48. The molecule has 0 aromatic carbocycles. The Morgan fingerprint density at radius 2 is 2.29 bits per heavy atom. The minimum atomic E-state index is 0.601. The average molecular weight is 191 g/mol. The highest BCUT2D eigenvalue weighted by Crippen LogP contribution is 2.14. The second-order valence-corrected chi connectivity index (χ2v) is 3.33. The fraction of sp³-hybridized carbons (Fsp3) is 0.444. The van der Waals surface area contributed by atoms with Gasteiger partial charge in [0, 0.05) is 13.5 Å². The van der Waals surface area contributed by atoms with Gasteiger partial charge in [-0.25, -0.2) is 4.98 Å². The molecule has 2 rings (SSSR count). The second-order valence-electron chi connectivity index (χ2n) is 3.33. The van der Waals surface area contributed by atoms with Gasteiger partial charge < -0.3 is 10.3 Å². The van der Waals surface area contributed by atoms with Crippen molar-refractivity contribution in [1.82, 2.24) is 19.7 Å². The number of fused-ring (bicyclic) bond motifs is 1. The van der Waals surface area contributed by atoms with Crippen molar-refractivity contribution < 1.29 is 0 Å². The van der Waals surface area contributed by atoms with Gasteiger partial charge in [0.25, 0.3) is 0 Å². The summed E-state index contributed by atoms with van der Waals surface area (Å²) in [5, 5.41) is 7.96. The molecule has 0 atom stereocenters. The zero-order chi connectivity index (χ0) is 10.1. The van der Waals surface area contributed by atoms with Crippen LogP contribution in [0.3, 0.4) is 0 Å². The van der Waals surface area contributed by atoms with Crippen molar-refractivity contribution in [2.75, 3.05) is 6.54 Å². The van der Waals surface area contributed by atoms with Crippen LogP contribution in [0, 0.1) is 6.92 Å². The van der Waals surface area contributed by atoms with Gasteiger partial charge in [-0.3, -0.25) is 0 Å². The van der Waals surface area contributed by atoms with Gasteiger partial charge in [0.05, 0.1) is 6.20 Å². The van der Waals surface area contributed by atoms with Crippen LogP contribution in [-0.2, 0) is 13.5 Å². The van der Waals surface area contributed by atoms with Gasteiger partial charge >= 0.3 is 0 Å². The number of imidazole rings is 1. The third kappa shape index (κ3) is 1.26. The molecule has 0 spiro atoms. The molecule has 0 radical (unpaired) electrons. The molecular formula is C9H13N5. The molecule has 0 saturated carbocycles. The first kappa shape index (κ1) is 9.08. The summed E-state index contributed by atoms with van der Waals surface area (Å²) in [6.45, 7) is 2.58. The van der Waals surface area contributed by atoms with E-state index in [4.69, 9.17) is 5.73 Å². The first-order valence-electron chi connectivity index (χ1n) is 4.57. The van der Waals surface area contributed by atoms with Crippen LogP contribution in [0.25, 0.3) is 11.2 Å². The summed E-state index contributed by atoms with van der Waals surface area (Å²) in [6, 6.07) is 0. The molecule has 2 aromatic rings. The first-order chi connectivity index (χ1) is 6.74. The van der Waals surface area contributed by atoms with Crippen molar-refractivity contribution in [2.45, 2.75) is 13.3 Å². The van der Waals surface area contributed by atoms with Gasteiger partial charge in [-0.05, 0) is 19.0 Å². The normalized spacial score (nSPS) is 11.1. The maximum atomic E-state index is 5.50. The summed E-state index contributed by atoms with van der Waals surface area (Å²) in [5.74, 6) is 0.964. The predicted molar refractivity (Wildman–Crippen MR) is 53.8 cm³/mol. The van der Waals surface area contributed by atoms with E-state index in [9.17, 15) is 0 Å². The predicted octanol–water partition coefficient (Wildman–Crippen LogP) is 0.173. The highest BCUT2D eigenvalue weighted by atomic mass is 15.2. The smallest absolute Gasteiger partial charge is 0.182 e. The molecule has 0 fully saturated rings. The minimum absolute atomic E-state index is 0.601. The molecule has 0 saturated heterocycles. The summed E-state index contributed by atoms with van der Waals surface area (Å²) >= 11 is 0. The summed E-state index contributed by atoms with van der Waals surface area (Å²) in [5.41, 5.74) is 8.30. The van der Waals surface area contributed by atoms with Crippen LogP contribution in [0.5, 0.6) is 0 Å². The van der Waals surface area contributed by atoms with Crippen molar-refractivity contribution >= 4 is 11.2 Å². The third-order valence-electron chi connectivity index (χ3n) is 2.30. The Bertz CT molecular complexity index is 459. The minimum Gasteiger partial charge on any atom is -0.330 e. The lowest BCUT2D eigenvalue weighted by Gasteiger charge is -1.97. The summed E-state index contributed by atoms with van der Waals surface area (Å²) in [4.78, 5) is 4.48. The van der Waals surface area contributed by atoms with Crippen LogP contribution in [0.1, 0.15) is 11.4 Å². The molecule has 5 nitrogen and oxygen atoms in total. The van der Waals surface area contributed by atoms with E-state index in [1.165, 1.54) is 0 Å². The van der Waals surface area contributed by atoms with Gasteiger partial charge in [0.1, 0.15) is 11.3 Å². The number of hydrogen-bond donors (Lipinski definition) is 1. The lowest BCUT2D eigenvalue weighted by molar-refractivity contribution is 0.784. The van der Waals surface area contributed by atoms with E-state index in [1.807, 2.05) is 18.5 Å². The summed E-state index contributed by atoms with van der Waals surface area (Å²) < 4.78 is 1.95. The van der Waals surface area contributed by atoms with Gasteiger partial charge in [0.2, 0.25) is 0 Å². The largest absolute Gasteiger partial charge is 0.330 e. The van der Waals surface area contributed by atoms with Crippen molar-refractivity contribution in [3.05, 3.63) is 17.6 Å². The summed E-state index contributed by atoms with van der Waals surface area (Å²) in [6.07, 6.45) is 2.49. The van der Waals surface area contributed by atoms with Crippen molar-refractivity contribution in [1.29, 1.82) is 0 Å². The molecule has 74 valence electrons. The van der Waals surface area contributed by atoms with Crippen LogP contribution in [0.15, 0.2) is 6.20 Å². The highest BCUT2D eigenvalue weighted by Gasteiger charge is 2.09. The van der Waals surface area contributed by atoms with Gasteiger partial charge in [0.15, 0.2) is 5.65 Å². The van der Waals surface area contributed by atoms with E-state index in [0.717, 1.165) is 29.0 Å². The molecule has 14 heavy (non-hydrogen) atoms. The molecule has 0 amide bonds. The van der Waals surface area contributed by atoms with E-state index in [-0.39, 0.29) is 0 Å². The van der Waals surface area contributed by atoms with Gasteiger partial charge in [-0.15, -0.1) is 5.10 Å². The fourth-order valence-electron chi connectivity index (χ4n) is 1.50. The van der Waals surface area contributed by atoms with E-state index < -0.39 is 0 Å². The molecule has 0 aliphatic heterocycles. The van der Waals surface area contributed by atoms with Crippen LogP contribution in [0.2, 0.25) is 0 Å². The van der Waals surface area contributed by atoms with Crippen LogP contribution >= 0.6 is 0 Å². The van der Waals surface area contributed by atoms with Crippen molar-refractivity contribution in [3.63, 3.8) is 0 Å². The highest BCUT2D eigenvalue weighted by molar-refractivity contribution is 5.74. The first-order valence-corrected chi connectivity index (χ1v) is 4.57. The molecule has 2 heterocycles. The molecule has 5 heteroatoms. The topological polar surface area (TPSA) is 69.6 Å². The molecule has 2 N–H and O–H groups in total. The lowest BCUT2D eigenvalue weighted by atomic mass is 10.3. The molecular weight excluding hydrogens is 178 g/mol. The molecule has 0 unspecified atom stereocenters. The Balaban J connectivity index is 2.67. The Morgan fingerprint density at radius 1 is 1.50 bits per heavy atom. The summed E-state index contributed by atoms with van der Waals surface area (Å²) in [7, 11) is 1.94. The van der Waals surface area contributed by atoms with Crippen molar-refractivity contribution in [2.24, 2.45) is 12.8 Å². The number of nitrogens with zero attached hydrogens (tertiary/aromatic N) is 4. The van der Waals surface area contributed by atoms with E-state index in [2.05, 4.69) is 15.2 Å². The van der Waals surface area contributed by atoms with Crippen LogP contribution in [0.4, 0.5) is 0 Å². The van der Waals surface area contributed by atoms with Crippen molar-refractivity contribution in [3.8, 4) is 0 Å². The maximum absolute atomic E-state index is 5.50. The number of hydrogen-bond acceptors (Lipinski definition) is 4. The standard InChI is InChI=1S/C9H13N5/c1-6-5-11-13-9-8(6)12-7(3-4-10)14(9)2/h5H,3-4,10H2,1-2H3. The van der Waals surface area contributed by atoms with E-state index in [1.54, 1.807) is 6.20 Å². The molecule has 2 aromatic heterocycles.